The zero-order valence-electron chi connectivity index (χ0n) is 14.3. The van der Waals surface area contributed by atoms with Gasteiger partial charge in [0.2, 0.25) is 0 Å². The molecule has 26 heavy (non-hydrogen) atoms. The molecule has 2 aliphatic rings. The van der Waals surface area contributed by atoms with Crippen LogP contribution in [-0.4, -0.2) is 25.6 Å². The third-order valence-corrected chi connectivity index (χ3v) is 6.14. The van der Waals surface area contributed by atoms with E-state index < -0.39 is 16.0 Å². The monoisotopic (exact) mass is 369 g/mol. The van der Waals surface area contributed by atoms with E-state index in [0.29, 0.717) is 12.2 Å². The molecule has 0 fully saturated rings. The Morgan fingerprint density at radius 3 is 2.50 bits per heavy atom. The van der Waals surface area contributed by atoms with E-state index in [-0.39, 0.29) is 6.54 Å². The maximum absolute atomic E-state index is 12.7. The first-order valence-electron chi connectivity index (χ1n) is 8.34. The minimum absolute atomic E-state index is 0.200. The van der Waals surface area contributed by atoms with Crippen molar-refractivity contribution in [3.8, 4) is 5.75 Å². The number of rotatable bonds is 3. The Kier molecular flexibility index (Phi) is 4.19. The van der Waals surface area contributed by atoms with Crippen LogP contribution in [0, 0.1) is 0 Å². The average molecular weight is 369 g/mol. The summed E-state index contributed by atoms with van der Waals surface area (Å²) < 4.78 is 37.7. The molecule has 4 rings (SSSR count). The van der Waals surface area contributed by atoms with E-state index in [1.807, 2.05) is 54.6 Å². The van der Waals surface area contributed by atoms with Gasteiger partial charge in [-0.15, -0.1) is 4.31 Å². The fourth-order valence-corrected chi connectivity index (χ4v) is 4.69. The highest BCUT2D eigenvalue weighted by Gasteiger charge is 2.46. The Hall–Kier alpha value is -2.41. The molecule has 2 aromatic rings. The Bertz CT molecular complexity index is 982. The van der Waals surface area contributed by atoms with Gasteiger partial charge in [0.15, 0.2) is 5.72 Å². The van der Waals surface area contributed by atoms with Gasteiger partial charge in [0.25, 0.3) is 0 Å². The van der Waals surface area contributed by atoms with Crippen LogP contribution < -0.4 is 4.18 Å². The summed E-state index contributed by atoms with van der Waals surface area (Å²) in [5, 5.41) is 0. The molecule has 134 valence electrons. The summed E-state index contributed by atoms with van der Waals surface area (Å²) in [7, 11) is -2.45. The van der Waals surface area contributed by atoms with E-state index in [4.69, 9.17) is 8.92 Å². The van der Waals surface area contributed by atoms with Crippen molar-refractivity contribution in [2.45, 2.75) is 18.7 Å². The van der Waals surface area contributed by atoms with E-state index in [2.05, 4.69) is 0 Å². The molecule has 1 heterocycles. The maximum atomic E-state index is 12.7. The summed E-state index contributed by atoms with van der Waals surface area (Å²) in [6.45, 7) is 0.200. The second kappa shape index (κ2) is 6.39. The van der Waals surface area contributed by atoms with Crippen LogP contribution in [0.25, 0.3) is 5.57 Å². The molecule has 6 heteroatoms. The molecule has 0 saturated heterocycles. The first-order valence-corrected chi connectivity index (χ1v) is 9.71. The van der Waals surface area contributed by atoms with Gasteiger partial charge in [-0.2, -0.15) is 8.42 Å². The smallest absolute Gasteiger partial charge is 0.370 e. The molecule has 0 bridgehead atoms. The highest BCUT2D eigenvalue weighted by molar-refractivity contribution is 7.84. The summed E-state index contributed by atoms with van der Waals surface area (Å²) >= 11 is 0. The summed E-state index contributed by atoms with van der Waals surface area (Å²) in [6.07, 6.45) is 6.09. The van der Waals surface area contributed by atoms with E-state index in [1.54, 1.807) is 18.2 Å². The lowest BCUT2D eigenvalue weighted by Gasteiger charge is -2.41. The number of fused-ring (bicyclic) bond motifs is 1. The van der Waals surface area contributed by atoms with Crippen molar-refractivity contribution in [3.63, 3.8) is 0 Å². The molecule has 1 atom stereocenters. The van der Waals surface area contributed by atoms with Crippen molar-refractivity contribution in [1.82, 2.24) is 4.31 Å². The molecule has 0 saturated carbocycles. The van der Waals surface area contributed by atoms with Crippen molar-refractivity contribution in [1.29, 1.82) is 0 Å². The van der Waals surface area contributed by atoms with Crippen molar-refractivity contribution in [2.75, 3.05) is 7.11 Å². The van der Waals surface area contributed by atoms with E-state index >= 15 is 0 Å². The Morgan fingerprint density at radius 1 is 1.08 bits per heavy atom. The van der Waals surface area contributed by atoms with Gasteiger partial charge in [-0.3, -0.25) is 0 Å². The molecule has 1 aliphatic heterocycles. The van der Waals surface area contributed by atoms with Gasteiger partial charge >= 0.3 is 10.3 Å². The number of para-hydroxylation sites is 1. The van der Waals surface area contributed by atoms with Gasteiger partial charge in [0, 0.05) is 25.6 Å². The van der Waals surface area contributed by atoms with E-state index in [9.17, 15) is 8.42 Å². The quantitative estimate of drug-likeness (QED) is 0.831. The third-order valence-electron chi connectivity index (χ3n) is 4.77. The van der Waals surface area contributed by atoms with Gasteiger partial charge in [0.05, 0.1) is 0 Å². The number of benzene rings is 2. The van der Waals surface area contributed by atoms with Gasteiger partial charge in [-0.25, -0.2) is 0 Å². The van der Waals surface area contributed by atoms with Crippen LogP contribution in [0.5, 0.6) is 5.75 Å². The molecule has 1 aliphatic carbocycles. The predicted molar refractivity (Wildman–Crippen MR) is 99.4 cm³/mol. The molecular formula is C20H19NO4S. The van der Waals surface area contributed by atoms with Crippen molar-refractivity contribution < 1.29 is 17.3 Å². The molecule has 1 unspecified atom stereocenters. The SMILES string of the molecule is COC1(N2Cc3ccccc3OS2(=O)=O)C=CC(c2ccccc2)=CC1. The number of methoxy groups -OCH3 is 1. The highest BCUT2D eigenvalue weighted by Crippen LogP contribution is 2.39. The normalized spacial score (nSPS) is 24.4. The second-order valence-electron chi connectivity index (χ2n) is 6.27. The van der Waals surface area contributed by atoms with Gasteiger partial charge in [0.1, 0.15) is 5.75 Å². The topological polar surface area (TPSA) is 55.8 Å². The van der Waals surface area contributed by atoms with Crippen LogP contribution in [0.2, 0.25) is 0 Å². The highest BCUT2D eigenvalue weighted by atomic mass is 32.2. The number of nitrogens with zero attached hydrogens (tertiary/aromatic N) is 1. The fourth-order valence-electron chi connectivity index (χ4n) is 3.33. The molecular weight excluding hydrogens is 350 g/mol. The lowest BCUT2D eigenvalue weighted by atomic mass is 9.94. The summed E-state index contributed by atoms with van der Waals surface area (Å²) in [4.78, 5) is 0. The Labute approximate surface area is 153 Å². The molecule has 2 aromatic carbocycles. The van der Waals surface area contributed by atoms with Crippen LogP contribution in [0.3, 0.4) is 0 Å². The first-order chi connectivity index (χ1) is 12.5. The molecule has 0 radical (unpaired) electrons. The zero-order chi connectivity index (χ0) is 18.2. The number of allylic oxidation sites excluding steroid dienone is 2. The summed E-state index contributed by atoms with van der Waals surface area (Å²) in [5.41, 5.74) is 1.82. The predicted octanol–water partition coefficient (Wildman–Crippen LogP) is 3.51. The largest absolute Gasteiger partial charge is 0.388 e. The van der Waals surface area contributed by atoms with Crippen LogP contribution in [-0.2, 0) is 21.6 Å². The standard InChI is InChI=1S/C20H19NO4S/c1-24-20(13-11-17(12-14-20)16-7-3-2-4-8-16)21-15-18-9-5-6-10-19(18)25-26(21,22)23/h2-13H,14-15H2,1H3. The van der Waals surface area contributed by atoms with E-state index in [1.165, 1.54) is 11.4 Å². The van der Waals surface area contributed by atoms with E-state index in [0.717, 1.165) is 16.7 Å². The molecule has 0 N–H and O–H groups in total. The lowest BCUT2D eigenvalue weighted by molar-refractivity contribution is -0.0622. The number of hydrogen-bond donors (Lipinski definition) is 0. The van der Waals surface area contributed by atoms with Gasteiger partial charge in [-0.05, 0) is 23.3 Å². The molecule has 5 nitrogen and oxygen atoms in total. The first kappa shape index (κ1) is 17.0. The Morgan fingerprint density at radius 2 is 1.81 bits per heavy atom. The number of hydrogen-bond acceptors (Lipinski definition) is 4. The molecule has 0 spiro atoms. The number of ether oxygens (including phenoxy) is 1. The molecule has 0 amide bonds. The van der Waals surface area contributed by atoms with Crippen molar-refractivity contribution >= 4 is 15.9 Å². The molecule has 0 aromatic heterocycles. The lowest BCUT2D eigenvalue weighted by Crippen LogP contribution is -2.54. The zero-order valence-corrected chi connectivity index (χ0v) is 15.1. The van der Waals surface area contributed by atoms with Gasteiger partial charge < -0.3 is 8.92 Å². The van der Waals surface area contributed by atoms with Gasteiger partial charge in [-0.1, -0.05) is 60.7 Å². The van der Waals surface area contributed by atoms with Crippen LogP contribution in [0.4, 0.5) is 0 Å². The van der Waals surface area contributed by atoms with Crippen LogP contribution >= 0.6 is 0 Å². The van der Waals surface area contributed by atoms with Crippen LogP contribution in [0.15, 0.2) is 72.8 Å². The fraction of sp³-hybridized carbons (Fsp3) is 0.200. The van der Waals surface area contributed by atoms with Crippen LogP contribution in [0.1, 0.15) is 17.5 Å². The summed E-state index contributed by atoms with van der Waals surface area (Å²) in [5.74, 6) is 0.371. The van der Waals surface area contributed by atoms with Crippen molar-refractivity contribution in [3.05, 3.63) is 84.0 Å². The minimum atomic E-state index is -3.96. The maximum Gasteiger partial charge on any atom is 0.388 e. The Balaban J connectivity index is 1.68. The van der Waals surface area contributed by atoms with Crippen molar-refractivity contribution in [2.24, 2.45) is 0 Å². The average Bonchev–Trinajstić information content (AvgIpc) is 2.67. The second-order valence-corrected chi connectivity index (χ2v) is 7.73. The minimum Gasteiger partial charge on any atom is -0.370 e. The summed E-state index contributed by atoms with van der Waals surface area (Å²) in [6, 6.07) is 17.1. The third kappa shape index (κ3) is 2.86.